The number of halogens is 2. The number of carbonyl (C=O) groups excluding carboxylic acids is 1. The van der Waals surface area contributed by atoms with Crippen molar-refractivity contribution in [2.45, 2.75) is 38.1 Å². The Kier molecular flexibility index (Phi) is 7.78. The number of ether oxygens (including phenoxy) is 2. The predicted octanol–water partition coefficient (Wildman–Crippen LogP) is 2.86. The van der Waals surface area contributed by atoms with Crippen molar-refractivity contribution in [3.63, 3.8) is 0 Å². The molecule has 5 nitrogen and oxygen atoms in total. The first-order valence-electron chi connectivity index (χ1n) is 8.09. The van der Waals surface area contributed by atoms with Gasteiger partial charge in [-0.1, -0.05) is 29.3 Å². The molecule has 1 saturated heterocycles. The Labute approximate surface area is 153 Å². The molecule has 1 amide bonds. The monoisotopic (exact) mass is 374 g/mol. The molecule has 1 atom stereocenters. The Morgan fingerprint density at radius 2 is 2.04 bits per heavy atom. The maximum Gasteiger partial charge on any atom is 0.225 e. The van der Waals surface area contributed by atoms with E-state index in [0.29, 0.717) is 42.7 Å². The van der Waals surface area contributed by atoms with Crippen LogP contribution in [0.25, 0.3) is 0 Å². The van der Waals surface area contributed by atoms with Gasteiger partial charge in [-0.25, -0.2) is 0 Å². The van der Waals surface area contributed by atoms with Crippen molar-refractivity contribution in [3.8, 4) is 0 Å². The molecular formula is C17H24Cl2N2O3. The zero-order valence-corrected chi connectivity index (χ0v) is 15.4. The van der Waals surface area contributed by atoms with Gasteiger partial charge in [0.2, 0.25) is 5.91 Å². The van der Waals surface area contributed by atoms with Crippen LogP contribution in [0.2, 0.25) is 10.0 Å². The fourth-order valence-electron chi connectivity index (χ4n) is 2.70. The van der Waals surface area contributed by atoms with Crippen molar-refractivity contribution >= 4 is 29.1 Å². The summed E-state index contributed by atoms with van der Waals surface area (Å²) in [6.07, 6.45) is 1.93. The molecule has 0 aromatic heterocycles. The summed E-state index contributed by atoms with van der Waals surface area (Å²) in [6, 6.07) is 5.50. The first kappa shape index (κ1) is 19.5. The van der Waals surface area contributed by atoms with Gasteiger partial charge in [0.05, 0.1) is 35.3 Å². The molecule has 2 N–H and O–H groups in total. The van der Waals surface area contributed by atoms with Crippen molar-refractivity contribution in [2.75, 3.05) is 26.7 Å². The molecule has 0 radical (unpaired) electrons. The minimum Gasteiger partial charge on any atom is -0.380 e. The SMILES string of the molecule is COC(CN)CC(=O)N1CCC(OCc2ccc(Cl)c(Cl)c2)CC1. The van der Waals surface area contributed by atoms with Gasteiger partial charge in [-0.15, -0.1) is 0 Å². The summed E-state index contributed by atoms with van der Waals surface area (Å²) < 4.78 is 11.1. The third kappa shape index (κ3) is 5.60. The van der Waals surface area contributed by atoms with E-state index in [9.17, 15) is 4.79 Å². The molecule has 1 aliphatic heterocycles. The van der Waals surface area contributed by atoms with Crippen LogP contribution in [0.4, 0.5) is 0 Å². The number of rotatable bonds is 7. The number of nitrogens with two attached hydrogens (primary N) is 1. The standard InChI is InChI=1S/C17H24Cl2N2O3/c1-23-14(10-20)9-17(22)21-6-4-13(5-7-21)24-11-12-2-3-15(18)16(19)8-12/h2-3,8,13-14H,4-7,9-11,20H2,1H3. The molecule has 1 unspecified atom stereocenters. The minimum absolute atomic E-state index is 0.0928. The maximum absolute atomic E-state index is 12.2. The highest BCUT2D eigenvalue weighted by Gasteiger charge is 2.24. The van der Waals surface area contributed by atoms with Gasteiger partial charge in [-0.2, -0.15) is 0 Å². The van der Waals surface area contributed by atoms with Gasteiger partial charge in [0, 0.05) is 26.7 Å². The fraction of sp³-hybridized carbons (Fsp3) is 0.588. The average molecular weight is 375 g/mol. The Hall–Kier alpha value is -0.850. The number of piperidine rings is 1. The molecule has 1 aromatic rings. The quantitative estimate of drug-likeness (QED) is 0.796. The van der Waals surface area contributed by atoms with Crippen molar-refractivity contribution in [1.82, 2.24) is 4.90 Å². The van der Waals surface area contributed by atoms with Crippen LogP contribution in [0.5, 0.6) is 0 Å². The van der Waals surface area contributed by atoms with Crippen molar-refractivity contribution in [1.29, 1.82) is 0 Å². The van der Waals surface area contributed by atoms with E-state index in [4.69, 9.17) is 38.4 Å². The van der Waals surface area contributed by atoms with E-state index in [2.05, 4.69) is 0 Å². The maximum atomic E-state index is 12.2. The summed E-state index contributed by atoms with van der Waals surface area (Å²) in [4.78, 5) is 14.1. The summed E-state index contributed by atoms with van der Waals surface area (Å²) in [5, 5.41) is 1.07. The molecule has 2 rings (SSSR count). The van der Waals surface area contributed by atoms with Gasteiger partial charge in [0.1, 0.15) is 0 Å². The molecule has 24 heavy (non-hydrogen) atoms. The summed E-state index contributed by atoms with van der Waals surface area (Å²) in [5.74, 6) is 0.0928. The first-order chi connectivity index (χ1) is 11.5. The number of methoxy groups -OCH3 is 1. The van der Waals surface area contributed by atoms with Crippen LogP contribution in [0.1, 0.15) is 24.8 Å². The zero-order chi connectivity index (χ0) is 17.5. The van der Waals surface area contributed by atoms with E-state index in [0.717, 1.165) is 18.4 Å². The Balaban J connectivity index is 1.74. The minimum atomic E-state index is -0.207. The second-order valence-electron chi connectivity index (χ2n) is 5.94. The molecule has 1 aliphatic rings. The van der Waals surface area contributed by atoms with Crippen molar-refractivity contribution in [3.05, 3.63) is 33.8 Å². The number of amides is 1. The normalized spacial score (nSPS) is 17.1. The van der Waals surface area contributed by atoms with Crippen LogP contribution in [-0.2, 0) is 20.9 Å². The van der Waals surface area contributed by atoms with Gasteiger partial charge < -0.3 is 20.1 Å². The summed E-state index contributed by atoms with van der Waals surface area (Å²) in [7, 11) is 1.58. The van der Waals surface area contributed by atoms with Gasteiger partial charge in [0.25, 0.3) is 0 Å². The molecule has 7 heteroatoms. The Morgan fingerprint density at radius 1 is 1.33 bits per heavy atom. The van der Waals surface area contributed by atoms with E-state index in [-0.39, 0.29) is 18.1 Å². The first-order valence-corrected chi connectivity index (χ1v) is 8.85. The van der Waals surface area contributed by atoms with E-state index in [1.165, 1.54) is 0 Å². The molecule has 0 spiro atoms. The Morgan fingerprint density at radius 3 is 2.62 bits per heavy atom. The molecule has 0 saturated carbocycles. The molecule has 0 aliphatic carbocycles. The number of benzene rings is 1. The lowest BCUT2D eigenvalue weighted by Crippen LogP contribution is -2.42. The number of likely N-dealkylation sites (tertiary alicyclic amines) is 1. The highest BCUT2D eigenvalue weighted by molar-refractivity contribution is 6.42. The Bertz CT molecular complexity index is 545. The van der Waals surface area contributed by atoms with Crippen LogP contribution < -0.4 is 5.73 Å². The van der Waals surface area contributed by atoms with Crippen LogP contribution in [0.3, 0.4) is 0 Å². The zero-order valence-electron chi connectivity index (χ0n) is 13.8. The molecular weight excluding hydrogens is 351 g/mol. The topological polar surface area (TPSA) is 64.8 Å². The second-order valence-corrected chi connectivity index (χ2v) is 6.75. The highest BCUT2D eigenvalue weighted by atomic mass is 35.5. The van der Waals surface area contributed by atoms with Crippen LogP contribution in [0.15, 0.2) is 18.2 Å². The van der Waals surface area contributed by atoms with Crippen LogP contribution in [0, 0.1) is 0 Å². The third-order valence-electron chi connectivity index (χ3n) is 4.26. The number of carbonyl (C=O) groups is 1. The summed E-state index contributed by atoms with van der Waals surface area (Å²) in [5.41, 5.74) is 6.56. The number of hydrogen-bond donors (Lipinski definition) is 1. The van der Waals surface area contributed by atoms with Crippen LogP contribution in [-0.4, -0.2) is 49.8 Å². The average Bonchev–Trinajstić information content (AvgIpc) is 2.61. The highest BCUT2D eigenvalue weighted by Crippen LogP contribution is 2.24. The molecule has 134 valence electrons. The number of hydrogen-bond acceptors (Lipinski definition) is 4. The molecule has 1 heterocycles. The lowest BCUT2D eigenvalue weighted by atomic mass is 10.1. The smallest absolute Gasteiger partial charge is 0.225 e. The summed E-state index contributed by atoms with van der Waals surface area (Å²) >= 11 is 11.9. The molecule has 1 fully saturated rings. The second kappa shape index (κ2) is 9.59. The van der Waals surface area contributed by atoms with Crippen molar-refractivity contribution < 1.29 is 14.3 Å². The predicted molar refractivity (Wildman–Crippen MR) is 95.3 cm³/mol. The lowest BCUT2D eigenvalue weighted by Gasteiger charge is -2.32. The van der Waals surface area contributed by atoms with Crippen molar-refractivity contribution in [2.24, 2.45) is 5.73 Å². The largest absolute Gasteiger partial charge is 0.380 e. The summed E-state index contributed by atoms with van der Waals surface area (Å²) in [6.45, 7) is 2.25. The van der Waals surface area contributed by atoms with Gasteiger partial charge in [-0.3, -0.25) is 4.79 Å². The molecule has 0 bridgehead atoms. The van der Waals surface area contributed by atoms with Gasteiger partial charge in [-0.05, 0) is 30.5 Å². The van der Waals surface area contributed by atoms with E-state index < -0.39 is 0 Å². The lowest BCUT2D eigenvalue weighted by molar-refractivity contribution is -0.136. The van der Waals surface area contributed by atoms with E-state index >= 15 is 0 Å². The third-order valence-corrected chi connectivity index (χ3v) is 5.00. The van der Waals surface area contributed by atoms with E-state index in [1.54, 1.807) is 13.2 Å². The van der Waals surface area contributed by atoms with E-state index in [1.807, 2.05) is 17.0 Å². The van der Waals surface area contributed by atoms with Gasteiger partial charge in [0.15, 0.2) is 0 Å². The molecule has 1 aromatic carbocycles. The van der Waals surface area contributed by atoms with Crippen LogP contribution >= 0.6 is 23.2 Å². The van der Waals surface area contributed by atoms with Gasteiger partial charge >= 0.3 is 0 Å². The fourth-order valence-corrected chi connectivity index (χ4v) is 3.02. The number of nitrogens with zero attached hydrogens (tertiary/aromatic N) is 1.